The predicted octanol–water partition coefficient (Wildman–Crippen LogP) is 2.54. The van der Waals surface area contributed by atoms with Gasteiger partial charge in [0.15, 0.2) is 5.84 Å². The number of anilines is 1. The number of nitrogens with one attached hydrogen (secondary N) is 1. The minimum absolute atomic E-state index is 0.0750. The van der Waals surface area contributed by atoms with E-state index in [1.165, 1.54) is 0 Å². The molecule has 1 aromatic carbocycles. The monoisotopic (exact) mass is 247 g/mol. The molecule has 0 amide bonds. The van der Waals surface area contributed by atoms with Crippen molar-refractivity contribution in [2.24, 2.45) is 10.9 Å². The van der Waals surface area contributed by atoms with Crippen molar-refractivity contribution in [2.45, 2.75) is 13.0 Å². The van der Waals surface area contributed by atoms with E-state index < -0.39 is 0 Å². The molecule has 1 unspecified atom stereocenters. The molecular weight excluding hydrogens is 237 g/mol. The Morgan fingerprint density at radius 1 is 1.53 bits per heavy atom. The number of nitrogens with two attached hydrogens (primary N) is 1. The first-order chi connectivity index (χ1) is 7.04. The van der Waals surface area contributed by atoms with Gasteiger partial charge in [0.2, 0.25) is 0 Å². The first-order valence-corrected chi connectivity index (χ1v) is 4.99. The number of oxime groups is 1. The molecule has 0 aromatic heterocycles. The molecule has 0 radical (unpaired) electrons. The number of benzene rings is 1. The van der Waals surface area contributed by atoms with E-state index in [4.69, 9.17) is 34.1 Å². The van der Waals surface area contributed by atoms with Crippen LogP contribution in [0.3, 0.4) is 0 Å². The van der Waals surface area contributed by atoms with Crippen LogP contribution in [-0.4, -0.2) is 17.1 Å². The Morgan fingerprint density at radius 2 is 2.20 bits per heavy atom. The first kappa shape index (κ1) is 11.9. The second-order valence-corrected chi connectivity index (χ2v) is 3.86. The van der Waals surface area contributed by atoms with Crippen molar-refractivity contribution < 1.29 is 5.21 Å². The Bertz CT molecular complexity index is 382. The summed E-state index contributed by atoms with van der Waals surface area (Å²) < 4.78 is 0. The second-order valence-electron chi connectivity index (χ2n) is 3.02. The van der Waals surface area contributed by atoms with Gasteiger partial charge >= 0.3 is 0 Å². The lowest BCUT2D eigenvalue weighted by Gasteiger charge is -2.14. The number of nitrogens with zero attached hydrogens (tertiary/aromatic N) is 1. The molecule has 4 nitrogen and oxygen atoms in total. The molecule has 0 spiro atoms. The molecule has 1 aromatic rings. The standard InChI is InChI=1S/C9H11Cl2N3O/c1-5(9(12)14-15)13-8-4-6(10)2-3-7(8)11/h2-5,13,15H,1H3,(H2,12,14). The molecule has 0 aliphatic rings. The van der Waals surface area contributed by atoms with Gasteiger partial charge in [-0.3, -0.25) is 0 Å². The van der Waals surface area contributed by atoms with Crippen molar-refractivity contribution in [2.75, 3.05) is 5.32 Å². The maximum absolute atomic E-state index is 8.47. The van der Waals surface area contributed by atoms with Crippen molar-refractivity contribution in [1.29, 1.82) is 0 Å². The van der Waals surface area contributed by atoms with E-state index in [9.17, 15) is 0 Å². The smallest absolute Gasteiger partial charge is 0.161 e. The van der Waals surface area contributed by atoms with Gasteiger partial charge in [0.25, 0.3) is 0 Å². The van der Waals surface area contributed by atoms with E-state index in [0.717, 1.165) is 0 Å². The summed E-state index contributed by atoms with van der Waals surface area (Å²) in [6.07, 6.45) is 0. The summed E-state index contributed by atoms with van der Waals surface area (Å²) in [7, 11) is 0. The summed E-state index contributed by atoms with van der Waals surface area (Å²) in [6.45, 7) is 1.74. The van der Waals surface area contributed by atoms with Crippen LogP contribution >= 0.6 is 23.2 Å². The van der Waals surface area contributed by atoms with E-state index in [1.807, 2.05) is 0 Å². The summed E-state index contributed by atoms with van der Waals surface area (Å²) >= 11 is 11.7. The van der Waals surface area contributed by atoms with Crippen LogP contribution in [0, 0.1) is 0 Å². The van der Waals surface area contributed by atoms with E-state index >= 15 is 0 Å². The highest BCUT2D eigenvalue weighted by Gasteiger charge is 2.09. The Balaban J connectivity index is 2.85. The van der Waals surface area contributed by atoms with Gasteiger partial charge in [-0.25, -0.2) is 0 Å². The van der Waals surface area contributed by atoms with Gasteiger partial charge < -0.3 is 16.3 Å². The molecule has 0 aliphatic carbocycles. The molecule has 0 aliphatic heterocycles. The average molecular weight is 248 g/mol. The molecule has 0 bridgehead atoms. The van der Waals surface area contributed by atoms with Crippen LogP contribution in [0.15, 0.2) is 23.4 Å². The molecule has 0 heterocycles. The normalized spacial score (nSPS) is 13.7. The van der Waals surface area contributed by atoms with Crippen molar-refractivity contribution in [3.63, 3.8) is 0 Å². The van der Waals surface area contributed by atoms with Gasteiger partial charge in [0, 0.05) is 5.02 Å². The topological polar surface area (TPSA) is 70.6 Å². The third kappa shape index (κ3) is 3.18. The van der Waals surface area contributed by atoms with Gasteiger partial charge in [0.1, 0.15) is 0 Å². The Morgan fingerprint density at radius 3 is 2.80 bits per heavy atom. The fourth-order valence-corrected chi connectivity index (χ4v) is 1.35. The fraction of sp³-hybridized carbons (Fsp3) is 0.222. The molecule has 6 heteroatoms. The summed E-state index contributed by atoms with van der Waals surface area (Å²) in [5.74, 6) is 0.0750. The first-order valence-electron chi connectivity index (χ1n) is 4.23. The highest BCUT2D eigenvalue weighted by molar-refractivity contribution is 6.35. The Hall–Kier alpha value is -1.13. The zero-order chi connectivity index (χ0) is 11.4. The number of amidine groups is 1. The molecule has 82 valence electrons. The van der Waals surface area contributed by atoms with Crippen molar-refractivity contribution in [3.05, 3.63) is 28.2 Å². The lowest BCUT2D eigenvalue weighted by atomic mass is 10.2. The van der Waals surface area contributed by atoms with Crippen molar-refractivity contribution in [1.82, 2.24) is 0 Å². The minimum Gasteiger partial charge on any atom is -0.409 e. The van der Waals surface area contributed by atoms with Crippen LogP contribution in [0.5, 0.6) is 0 Å². The number of rotatable bonds is 3. The molecule has 0 saturated carbocycles. The average Bonchev–Trinajstić information content (AvgIpc) is 2.22. The largest absolute Gasteiger partial charge is 0.409 e. The molecule has 4 N–H and O–H groups in total. The number of hydrogen-bond donors (Lipinski definition) is 3. The predicted molar refractivity (Wildman–Crippen MR) is 63.0 cm³/mol. The van der Waals surface area contributed by atoms with Crippen molar-refractivity contribution in [3.8, 4) is 0 Å². The summed E-state index contributed by atoms with van der Waals surface area (Å²) in [6, 6.07) is 4.70. The molecule has 1 rings (SSSR count). The maximum Gasteiger partial charge on any atom is 0.161 e. The lowest BCUT2D eigenvalue weighted by Crippen LogP contribution is -2.32. The fourth-order valence-electron chi connectivity index (χ4n) is 1.00. The SMILES string of the molecule is CC(Nc1cc(Cl)ccc1Cl)C(N)=NO. The van der Waals surface area contributed by atoms with Gasteiger partial charge in [-0.2, -0.15) is 0 Å². The third-order valence-electron chi connectivity index (χ3n) is 1.86. The van der Waals surface area contributed by atoms with Gasteiger partial charge in [-0.15, -0.1) is 0 Å². The van der Waals surface area contributed by atoms with Crippen LogP contribution in [0.25, 0.3) is 0 Å². The van der Waals surface area contributed by atoms with Crippen LogP contribution < -0.4 is 11.1 Å². The zero-order valence-electron chi connectivity index (χ0n) is 8.04. The van der Waals surface area contributed by atoms with E-state index in [1.54, 1.807) is 25.1 Å². The molecule has 0 fully saturated rings. The highest BCUT2D eigenvalue weighted by atomic mass is 35.5. The van der Waals surface area contributed by atoms with Crippen LogP contribution in [-0.2, 0) is 0 Å². The summed E-state index contributed by atoms with van der Waals surface area (Å²) in [5.41, 5.74) is 6.06. The van der Waals surface area contributed by atoms with Crippen LogP contribution in [0.1, 0.15) is 6.92 Å². The zero-order valence-corrected chi connectivity index (χ0v) is 9.55. The Kier molecular flexibility index (Phi) is 4.05. The summed E-state index contributed by atoms with van der Waals surface area (Å²) in [5, 5.41) is 15.4. The van der Waals surface area contributed by atoms with Crippen molar-refractivity contribution >= 4 is 34.7 Å². The quantitative estimate of drug-likeness (QED) is 0.333. The Labute approximate surface area is 97.7 Å². The maximum atomic E-state index is 8.47. The van der Waals surface area contributed by atoms with Crippen LogP contribution in [0.4, 0.5) is 5.69 Å². The van der Waals surface area contributed by atoms with Crippen LogP contribution in [0.2, 0.25) is 10.0 Å². The number of halogens is 2. The molecular formula is C9H11Cl2N3O. The van der Waals surface area contributed by atoms with Gasteiger partial charge in [-0.05, 0) is 25.1 Å². The molecule has 0 saturated heterocycles. The number of hydrogen-bond acceptors (Lipinski definition) is 3. The molecule has 1 atom stereocenters. The van der Waals surface area contributed by atoms with E-state index in [2.05, 4.69) is 10.5 Å². The van der Waals surface area contributed by atoms with E-state index in [-0.39, 0.29) is 11.9 Å². The minimum atomic E-state index is -0.328. The third-order valence-corrected chi connectivity index (χ3v) is 2.42. The van der Waals surface area contributed by atoms with Gasteiger partial charge in [-0.1, -0.05) is 28.4 Å². The van der Waals surface area contributed by atoms with Gasteiger partial charge in [0.05, 0.1) is 16.8 Å². The molecule has 15 heavy (non-hydrogen) atoms. The van der Waals surface area contributed by atoms with E-state index in [0.29, 0.717) is 15.7 Å². The summed E-state index contributed by atoms with van der Waals surface area (Å²) in [4.78, 5) is 0. The lowest BCUT2D eigenvalue weighted by molar-refractivity contribution is 0.316. The highest BCUT2D eigenvalue weighted by Crippen LogP contribution is 2.25. The second kappa shape index (κ2) is 5.09.